The van der Waals surface area contributed by atoms with Gasteiger partial charge in [0.1, 0.15) is 5.78 Å². The van der Waals surface area contributed by atoms with Gasteiger partial charge in [-0.15, -0.1) is 0 Å². The summed E-state index contributed by atoms with van der Waals surface area (Å²) in [6.07, 6.45) is 2.62. The molecule has 15 heavy (non-hydrogen) atoms. The van der Waals surface area contributed by atoms with Crippen LogP contribution in [-0.4, -0.2) is 18.9 Å². The van der Waals surface area contributed by atoms with Gasteiger partial charge in [-0.3, -0.25) is 9.59 Å². The number of fused-ring (bicyclic) bond motifs is 3. The molecule has 0 amide bonds. The molecule has 0 aromatic rings. The largest absolute Gasteiger partial charge is 0.469 e. The first-order chi connectivity index (χ1) is 6.99. The van der Waals surface area contributed by atoms with Gasteiger partial charge in [-0.05, 0) is 25.2 Å². The molecule has 2 bridgehead atoms. The van der Waals surface area contributed by atoms with Crippen molar-refractivity contribution in [2.45, 2.75) is 33.1 Å². The van der Waals surface area contributed by atoms with Gasteiger partial charge in [0.05, 0.1) is 13.0 Å². The molecule has 3 saturated carbocycles. The van der Waals surface area contributed by atoms with Gasteiger partial charge in [0.2, 0.25) is 0 Å². The Kier molecular flexibility index (Phi) is 2.36. The van der Waals surface area contributed by atoms with Gasteiger partial charge in [0.15, 0.2) is 0 Å². The van der Waals surface area contributed by atoms with Crippen LogP contribution in [0, 0.1) is 23.2 Å². The first kappa shape index (κ1) is 10.7. The Morgan fingerprint density at radius 1 is 1.53 bits per heavy atom. The fourth-order valence-corrected chi connectivity index (χ4v) is 3.40. The number of methoxy groups -OCH3 is 1. The summed E-state index contributed by atoms with van der Waals surface area (Å²) in [5, 5.41) is 0. The lowest BCUT2D eigenvalue weighted by molar-refractivity contribution is -0.163. The molecule has 84 valence electrons. The van der Waals surface area contributed by atoms with E-state index in [1.165, 1.54) is 7.11 Å². The molecule has 3 fully saturated rings. The van der Waals surface area contributed by atoms with E-state index in [0.29, 0.717) is 12.2 Å². The fourth-order valence-electron chi connectivity index (χ4n) is 3.40. The van der Waals surface area contributed by atoms with Crippen LogP contribution < -0.4 is 0 Å². The number of carbonyl (C=O) groups is 2. The number of hydrogen-bond donors (Lipinski definition) is 0. The van der Waals surface area contributed by atoms with Gasteiger partial charge in [-0.2, -0.15) is 0 Å². The number of ether oxygens (including phenoxy) is 1. The normalized spacial score (nSPS) is 44.2. The van der Waals surface area contributed by atoms with Crippen LogP contribution in [0.5, 0.6) is 0 Å². The van der Waals surface area contributed by atoms with Crippen molar-refractivity contribution >= 4 is 11.8 Å². The van der Waals surface area contributed by atoms with Crippen LogP contribution >= 0.6 is 0 Å². The van der Waals surface area contributed by atoms with E-state index in [0.717, 1.165) is 12.8 Å². The molecule has 3 aliphatic rings. The smallest absolute Gasteiger partial charge is 0.308 e. The quantitative estimate of drug-likeness (QED) is 0.620. The molecule has 2 unspecified atom stereocenters. The average molecular weight is 210 g/mol. The van der Waals surface area contributed by atoms with E-state index in [9.17, 15) is 9.59 Å². The molecule has 0 radical (unpaired) electrons. The maximum absolute atomic E-state index is 12.0. The van der Waals surface area contributed by atoms with Crippen molar-refractivity contribution in [3.05, 3.63) is 0 Å². The molecule has 0 saturated heterocycles. The second-order valence-electron chi connectivity index (χ2n) is 5.25. The highest BCUT2D eigenvalue weighted by Gasteiger charge is 2.54. The van der Waals surface area contributed by atoms with Crippen molar-refractivity contribution in [2.75, 3.05) is 7.11 Å². The first-order valence-electron chi connectivity index (χ1n) is 5.62. The minimum Gasteiger partial charge on any atom is -0.469 e. The van der Waals surface area contributed by atoms with Gasteiger partial charge < -0.3 is 4.74 Å². The van der Waals surface area contributed by atoms with Crippen molar-refractivity contribution in [3.8, 4) is 0 Å². The van der Waals surface area contributed by atoms with E-state index < -0.39 is 0 Å². The molecular weight excluding hydrogens is 192 g/mol. The number of rotatable bonds is 1. The number of Topliss-reactive ketones (excluding diaryl/α,β-unsaturated/α-hetero) is 1. The van der Waals surface area contributed by atoms with E-state index in [2.05, 4.69) is 0 Å². The standard InChI is InChI=1S/C12H18O3/c1-7-8-4-5-12(2,10(7)13)6-9(8)11(14)15-3/h7-9H,4-6H2,1-3H3/t7-,8?,9?,12+/m0/s1. The van der Waals surface area contributed by atoms with E-state index in [1.807, 2.05) is 13.8 Å². The van der Waals surface area contributed by atoms with E-state index in [-0.39, 0.29) is 29.1 Å². The van der Waals surface area contributed by atoms with E-state index in [4.69, 9.17) is 4.74 Å². The minimum absolute atomic E-state index is 0.0293. The molecule has 0 spiro atoms. The lowest BCUT2D eigenvalue weighted by atomic mass is 9.52. The van der Waals surface area contributed by atoms with Crippen LogP contribution in [0.4, 0.5) is 0 Å². The summed E-state index contributed by atoms with van der Waals surface area (Å²) in [4.78, 5) is 23.6. The first-order valence-corrected chi connectivity index (χ1v) is 5.62. The summed E-state index contributed by atoms with van der Waals surface area (Å²) in [6.45, 7) is 3.96. The van der Waals surface area contributed by atoms with Crippen LogP contribution in [-0.2, 0) is 14.3 Å². The molecule has 0 N–H and O–H groups in total. The van der Waals surface area contributed by atoms with Crippen LogP contribution in [0.2, 0.25) is 0 Å². The van der Waals surface area contributed by atoms with Gasteiger partial charge in [-0.25, -0.2) is 0 Å². The lowest BCUT2D eigenvalue weighted by Gasteiger charge is -2.49. The van der Waals surface area contributed by atoms with Crippen molar-refractivity contribution in [1.82, 2.24) is 0 Å². The molecule has 4 atom stereocenters. The predicted molar refractivity (Wildman–Crippen MR) is 55.1 cm³/mol. The van der Waals surface area contributed by atoms with Crippen molar-refractivity contribution in [3.63, 3.8) is 0 Å². The number of ketones is 1. The van der Waals surface area contributed by atoms with Gasteiger partial charge in [-0.1, -0.05) is 13.8 Å². The molecule has 3 nitrogen and oxygen atoms in total. The van der Waals surface area contributed by atoms with Crippen molar-refractivity contribution in [1.29, 1.82) is 0 Å². The average Bonchev–Trinajstić information content (AvgIpc) is 2.24. The Morgan fingerprint density at radius 2 is 2.20 bits per heavy atom. The number of esters is 1. The maximum Gasteiger partial charge on any atom is 0.308 e. The highest BCUT2D eigenvalue weighted by Crippen LogP contribution is 2.53. The third-order valence-corrected chi connectivity index (χ3v) is 4.37. The van der Waals surface area contributed by atoms with Crippen LogP contribution in [0.3, 0.4) is 0 Å². The van der Waals surface area contributed by atoms with Crippen LogP contribution in [0.1, 0.15) is 33.1 Å². The molecule has 3 aliphatic carbocycles. The van der Waals surface area contributed by atoms with E-state index in [1.54, 1.807) is 0 Å². The Morgan fingerprint density at radius 3 is 2.73 bits per heavy atom. The Balaban J connectivity index is 2.28. The van der Waals surface area contributed by atoms with Gasteiger partial charge >= 0.3 is 5.97 Å². The number of carbonyl (C=O) groups excluding carboxylic acids is 2. The summed E-state index contributed by atoms with van der Waals surface area (Å²) in [6, 6.07) is 0. The summed E-state index contributed by atoms with van der Waals surface area (Å²) >= 11 is 0. The summed E-state index contributed by atoms with van der Waals surface area (Å²) in [5.74, 6) is 0.402. The third kappa shape index (κ3) is 1.40. The molecular formula is C12H18O3. The Hall–Kier alpha value is -0.860. The molecule has 0 aromatic carbocycles. The van der Waals surface area contributed by atoms with Gasteiger partial charge in [0.25, 0.3) is 0 Å². The van der Waals surface area contributed by atoms with Crippen LogP contribution in [0.25, 0.3) is 0 Å². The highest BCUT2D eigenvalue weighted by molar-refractivity contribution is 5.90. The summed E-state index contributed by atoms with van der Waals surface area (Å²) in [7, 11) is 1.43. The monoisotopic (exact) mass is 210 g/mol. The Bertz CT molecular complexity index is 310. The van der Waals surface area contributed by atoms with Crippen molar-refractivity contribution < 1.29 is 14.3 Å². The fraction of sp³-hybridized carbons (Fsp3) is 0.833. The third-order valence-electron chi connectivity index (χ3n) is 4.37. The molecule has 3 rings (SSSR count). The summed E-state index contributed by atoms with van der Waals surface area (Å²) < 4.78 is 4.82. The van der Waals surface area contributed by atoms with Crippen LogP contribution in [0.15, 0.2) is 0 Å². The zero-order chi connectivity index (χ0) is 11.2. The molecule has 0 heterocycles. The lowest BCUT2D eigenvalue weighted by Crippen LogP contribution is -2.52. The van der Waals surface area contributed by atoms with E-state index >= 15 is 0 Å². The zero-order valence-electron chi connectivity index (χ0n) is 9.58. The highest BCUT2D eigenvalue weighted by atomic mass is 16.5. The zero-order valence-corrected chi connectivity index (χ0v) is 9.58. The number of hydrogen-bond acceptors (Lipinski definition) is 3. The minimum atomic E-state index is -0.271. The predicted octanol–water partition coefficient (Wildman–Crippen LogP) is 1.80. The molecule has 0 aliphatic heterocycles. The summed E-state index contributed by atoms with van der Waals surface area (Å²) in [5.41, 5.74) is -0.271. The molecule has 0 aromatic heterocycles. The van der Waals surface area contributed by atoms with Crippen molar-refractivity contribution in [2.24, 2.45) is 23.2 Å². The van der Waals surface area contributed by atoms with Gasteiger partial charge in [0, 0.05) is 11.3 Å². The molecule has 3 heteroatoms. The Labute approximate surface area is 90.2 Å². The second-order valence-corrected chi connectivity index (χ2v) is 5.25. The maximum atomic E-state index is 12.0. The SMILES string of the molecule is COC(=O)C1C[C@@]2(C)CCC1[C@H](C)C2=O. The second kappa shape index (κ2) is 3.32. The topological polar surface area (TPSA) is 43.4 Å².